The first kappa shape index (κ1) is 12.0. The molecule has 1 atom stereocenters. The molecule has 2 aliphatic heterocycles. The molecule has 0 radical (unpaired) electrons. The van der Waals surface area contributed by atoms with Gasteiger partial charge in [-0.1, -0.05) is 12.1 Å². The molecule has 2 aliphatic rings. The molecule has 0 spiro atoms. The van der Waals surface area contributed by atoms with E-state index in [0.29, 0.717) is 6.10 Å². The van der Waals surface area contributed by atoms with Gasteiger partial charge in [-0.25, -0.2) is 0 Å². The van der Waals surface area contributed by atoms with Crippen molar-refractivity contribution in [2.24, 2.45) is 0 Å². The largest absolute Gasteiger partial charge is 0.493 e. The molecule has 2 heterocycles. The molecule has 1 N–H and O–H groups in total. The Hall–Kier alpha value is -1.06. The first-order valence-corrected chi connectivity index (χ1v) is 6.99. The fourth-order valence-electron chi connectivity index (χ4n) is 2.72. The van der Waals surface area contributed by atoms with Crippen LogP contribution in [0, 0.1) is 0 Å². The van der Waals surface area contributed by atoms with Crippen molar-refractivity contribution in [1.82, 2.24) is 5.32 Å². The summed E-state index contributed by atoms with van der Waals surface area (Å²) in [6.45, 7) is 3.78. The molecular formula is C15H21NO2. The Kier molecular flexibility index (Phi) is 3.81. The van der Waals surface area contributed by atoms with E-state index in [0.717, 1.165) is 44.9 Å². The number of fused-ring (bicyclic) bond motifs is 1. The third-order valence-electron chi connectivity index (χ3n) is 3.75. The number of hydrogen-bond acceptors (Lipinski definition) is 3. The monoisotopic (exact) mass is 247 g/mol. The normalized spacial score (nSPS) is 21.9. The first-order chi connectivity index (χ1) is 8.92. The molecule has 3 rings (SSSR count). The van der Waals surface area contributed by atoms with Gasteiger partial charge in [0.05, 0.1) is 12.7 Å². The van der Waals surface area contributed by atoms with Crippen LogP contribution in [0.4, 0.5) is 0 Å². The molecule has 0 amide bonds. The van der Waals surface area contributed by atoms with Crippen LogP contribution in [-0.4, -0.2) is 25.9 Å². The summed E-state index contributed by atoms with van der Waals surface area (Å²) in [6, 6.07) is 6.52. The Labute approximate surface area is 108 Å². The molecule has 1 saturated heterocycles. The van der Waals surface area contributed by atoms with Crippen molar-refractivity contribution in [1.29, 1.82) is 0 Å². The van der Waals surface area contributed by atoms with E-state index in [1.54, 1.807) is 0 Å². The van der Waals surface area contributed by atoms with E-state index in [-0.39, 0.29) is 0 Å². The third-order valence-corrected chi connectivity index (χ3v) is 3.75. The summed E-state index contributed by atoms with van der Waals surface area (Å²) in [4.78, 5) is 0. The first-order valence-electron chi connectivity index (χ1n) is 6.99. The van der Waals surface area contributed by atoms with Gasteiger partial charge in [-0.3, -0.25) is 0 Å². The lowest BCUT2D eigenvalue weighted by molar-refractivity contribution is 0.104. The lowest BCUT2D eigenvalue weighted by Gasteiger charge is -2.10. The van der Waals surface area contributed by atoms with Crippen molar-refractivity contribution in [3.63, 3.8) is 0 Å². The quantitative estimate of drug-likeness (QED) is 0.810. The van der Waals surface area contributed by atoms with Gasteiger partial charge in [0.25, 0.3) is 0 Å². The lowest BCUT2D eigenvalue weighted by Crippen LogP contribution is -2.19. The van der Waals surface area contributed by atoms with E-state index < -0.39 is 0 Å². The zero-order valence-corrected chi connectivity index (χ0v) is 10.8. The number of benzene rings is 1. The zero-order chi connectivity index (χ0) is 12.2. The minimum absolute atomic E-state index is 0.492. The molecule has 98 valence electrons. The van der Waals surface area contributed by atoms with Gasteiger partial charge >= 0.3 is 0 Å². The second-order valence-corrected chi connectivity index (χ2v) is 5.14. The van der Waals surface area contributed by atoms with Crippen LogP contribution >= 0.6 is 0 Å². The second-order valence-electron chi connectivity index (χ2n) is 5.14. The maximum absolute atomic E-state index is 5.61. The predicted octanol–water partition coefficient (Wildman–Crippen LogP) is 2.28. The van der Waals surface area contributed by atoms with Crippen LogP contribution < -0.4 is 10.1 Å². The summed E-state index contributed by atoms with van der Waals surface area (Å²) in [5.74, 6) is 1.07. The molecule has 3 nitrogen and oxygen atoms in total. The fraction of sp³-hybridized carbons (Fsp3) is 0.600. The average Bonchev–Trinajstić information content (AvgIpc) is 3.05. The van der Waals surface area contributed by atoms with Crippen LogP contribution in [0.5, 0.6) is 5.75 Å². The topological polar surface area (TPSA) is 30.5 Å². The molecule has 1 fully saturated rings. The summed E-state index contributed by atoms with van der Waals surface area (Å²) < 4.78 is 11.1. The van der Waals surface area contributed by atoms with E-state index in [9.17, 15) is 0 Å². The van der Waals surface area contributed by atoms with Crippen molar-refractivity contribution in [3.05, 3.63) is 29.3 Å². The van der Waals surface area contributed by atoms with Crippen molar-refractivity contribution in [2.45, 2.75) is 38.3 Å². The van der Waals surface area contributed by atoms with E-state index >= 15 is 0 Å². The smallest absolute Gasteiger partial charge is 0.122 e. The van der Waals surface area contributed by atoms with E-state index in [1.807, 2.05) is 0 Å². The fourth-order valence-corrected chi connectivity index (χ4v) is 2.72. The molecule has 0 aliphatic carbocycles. The Morgan fingerprint density at radius 1 is 1.28 bits per heavy atom. The molecule has 1 aromatic rings. The van der Waals surface area contributed by atoms with Gasteiger partial charge in [0.15, 0.2) is 0 Å². The number of nitrogens with one attached hydrogen (secondary N) is 1. The Morgan fingerprint density at radius 2 is 2.28 bits per heavy atom. The summed E-state index contributed by atoms with van der Waals surface area (Å²) in [5.41, 5.74) is 2.71. The van der Waals surface area contributed by atoms with Crippen LogP contribution in [0.2, 0.25) is 0 Å². The van der Waals surface area contributed by atoms with Gasteiger partial charge in [-0.15, -0.1) is 0 Å². The number of rotatable bonds is 5. The van der Waals surface area contributed by atoms with E-state index in [1.165, 1.54) is 24.0 Å². The maximum Gasteiger partial charge on any atom is 0.122 e. The van der Waals surface area contributed by atoms with E-state index in [4.69, 9.17) is 9.47 Å². The molecule has 18 heavy (non-hydrogen) atoms. The van der Waals surface area contributed by atoms with Gasteiger partial charge in [0.2, 0.25) is 0 Å². The number of ether oxygens (including phenoxy) is 2. The van der Waals surface area contributed by atoms with Crippen LogP contribution in [-0.2, 0) is 17.7 Å². The highest BCUT2D eigenvalue weighted by Gasteiger charge is 2.14. The van der Waals surface area contributed by atoms with Crippen molar-refractivity contribution in [2.75, 3.05) is 19.8 Å². The summed E-state index contributed by atoms with van der Waals surface area (Å²) in [7, 11) is 0. The lowest BCUT2D eigenvalue weighted by atomic mass is 10.1. The molecule has 3 heteroatoms. The molecular weight excluding hydrogens is 226 g/mol. The van der Waals surface area contributed by atoms with E-state index in [2.05, 4.69) is 23.5 Å². The highest BCUT2D eigenvalue weighted by atomic mass is 16.5. The molecule has 0 aromatic heterocycles. The molecule has 1 unspecified atom stereocenters. The van der Waals surface area contributed by atoms with Crippen molar-refractivity contribution >= 4 is 0 Å². The molecule has 0 bridgehead atoms. The highest BCUT2D eigenvalue weighted by Crippen LogP contribution is 2.25. The van der Waals surface area contributed by atoms with Crippen molar-refractivity contribution < 1.29 is 9.47 Å². The van der Waals surface area contributed by atoms with Crippen LogP contribution in [0.15, 0.2) is 18.2 Å². The van der Waals surface area contributed by atoms with Gasteiger partial charge in [0.1, 0.15) is 5.75 Å². The Bertz CT molecular complexity index is 399. The van der Waals surface area contributed by atoms with Gasteiger partial charge in [0, 0.05) is 19.6 Å². The SMILES string of the molecule is c1cc2c(cc1CNCCC1CCCO1)CCO2. The van der Waals surface area contributed by atoms with Gasteiger partial charge in [-0.05, 0) is 43.0 Å². The van der Waals surface area contributed by atoms with Crippen LogP contribution in [0.25, 0.3) is 0 Å². The van der Waals surface area contributed by atoms with Gasteiger partial charge < -0.3 is 14.8 Å². The summed E-state index contributed by atoms with van der Waals surface area (Å²) in [6.07, 6.45) is 5.14. The van der Waals surface area contributed by atoms with Gasteiger partial charge in [-0.2, -0.15) is 0 Å². The summed E-state index contributed by atoms with van der Waals surface area (Å²) in [5, 5.41) is 3.50. The molecule has 0 saturated carbocycles. The predicted molar refractivity (Wildman–Crippen MR) is 70.9 cm³/mol. The third kappa shape index (κ3) is 2.85. The number of hydrogen-bond donors (Lipinski definition) is 1. The minimum Gasteiger partial charge on any atom is -0.493 e. The highest BCUT2D eigenvalue weighted by molar-refractivity contribution is 5.39. The minimum atomic E-state index is 0.492. The zero-order valence-electron chi connectivity index (χ0n) is 10.8. The Morgan fingerprint density at radius 3 is 3.17 bits per heavy atom. The maximum atomic E-state index is 5.61. The Balaban J connectivity index is 1.42. The van der Waals surface area contributed by atoms with Crippen LogP contribution in [0.1, 0.15) is 30.4 Å². The van der Waals surface area contributed by atoms with Crippen LogP contribution in [0.3, 0.4) is 0 Å². The second kappa shape index (κ2) is 5.72. The summed E-state index contributed by atoms with van der Waals surface area (Å²) >= 11 is 0. The molecule has 1 aromatic carbocycles. The standard InChI is InChI=1S/C15H21NO2/c1-2-14(17-8-1)5-7-16-11-12-3-4-15-13(10-12)6-9-18-15/h3-4,10,14,16H,1-2,5-9,11H2. The average molecular weight is 247 g/mol. The van der Waals surface area contributed by atoms with Crippen molar-refractivity contribution in [3.8, 4) is 5.75 Å².